The third kappa shape index (κ3) is 3.06. The molecule has 0 heterocycles. The number of phenolic OH excluding ortho intramolecular Hbond substituents is 2. The molecule has 0 radical (unpaired) electrons. The molecular formula is C20H22O2. The maximum absolute atomic E-state index is 10.0. The van der Waals surface area contributed by atoms with Crippen LogP contribution in [0.5, 0.6) is 11.5 Å². The highest BCUT2D eigenvalue weighted by Gasteiger charge is 2.12. The topological polar surface area (TPSA) is 40.5 Å². The second kappa shape index (κ2) is 6.52. The first-order valence-electron chi connectivity index (χ1n) is 7.39. The van der Waals surface area contributed by atoms with Gasteiger partial charge in [-0.05, 0) is 35.4 Å². The molecule has 0 aliphatic heterocycles. The van der Waals surface area contributed by atoms with E-state index in [9.17, 15) is 10.2 Å². The second-order valence-electron chi connectivity index (χ2n) is 5.60. The van der Waals surface area contributed by atoms with Crippen molar-refractivity contribution in [3.8, 4) is 22.6 Å². The highest BCUT2D eigenvalue weighted by molar-refractivity contribution is 5.68. The van der Waals surface area contributed by atoms with Crippen LogP contribution in [0.25, 0.3) is 11.1 Å². The summed E-state index contributed by atoms with van der Waals surface area (Å²) in [6.45, 7) is 11.6. The standard InChI is InChI=1S/C20H22O2/c1-5-13(3)17-11-15(7-9-19(17)21)16-8-10-20(22)18(12-16)14(4)6-2/h5-14,21-22H,1-2H2,3-4H3. The summed E-state index contributed by atoms with van der Waals surface area (Å²) in [5, 5.41) is 20.0. The molecule has 0 aliphatic carbocycles. The average Bonchev–Trinajstić information content (AvgIpc) is 2.54. The Bertz CT molecular complexity index is 639. The Labute approximate surface area is 132 Å². The second-order valence-corrected chi connectivity index (χ2v) is 5.60. The van der Waals surface area contributed by atoms with Crippen LogP contribution in [0, 0.1) is 0 Å². The molecule has 0 spiro atoms. The molecule has 2 atom stereocenters. The average molecular weight is 294 g/mol. The van der Waals surface area contributed by atoms with E-state index >= 15 is 0 Å². The van der Waals surface area contributed by atoms with E-state index < -0.39 is 0 Å². The van der Waals surface area contributed by atoms with E-state index in [1.54, 1.807) is 24.3 Å². The van der Waals surface area contributed by atoms with Gasteiger partial charge in [-0.2, -0.15) is 0 Å². The van der Waals surface area contributed by atoms with Crippen molar-refractivity contribution in [1.82, 2.24) is 0 Å². The van der Waals surface area contributed by atoms with Crippen LogP contribution in [-0.2, 0) is 0 Å². The first-order valence-corrected chi connectivity index (χ1v) is 7.39. The van der Waals surface area contributed by atoms with Crippen LogP contribution < -0.4 is 0 Å². The SMILES string of the molecule is C=CC(C)c1cc(-c2ccc(O)c(C(C)C=C)c2)ccc1O. The van der Waals surface area contributed by atoms with Crippen LogP contribution >= 0.6 is 0 Å². The number of aromatic hydroxyl groups is 2. The molecule has 2 nitrogen and oxygen atoms in total. The van der Waals surface area contributed by atoms with E-state index in [4.69, 9.17) is 0 Å². The van der Waals surface area contributed by atoms with Crippen molar-refractivity contribution in [2.45, 2.75) is 25.7 Å². The van der Waals surface area contributed by atoms with Gasteiger partial charge in [0.2, 0.25) is 0 Å². The largest absolute Gasteiger partial charge is 0.508 e. The fraction of sp³-hybridized carbons (Fsp3) is 0.200. The van der Waals surface area contributed by atoms with E-state index in [0.717, 1.165) is 22.3 Å². The molecule has 0 amide bonds. The lowest BCUT2D eigenvalue weighted by molar-refractivity contribution is 0.466. The van der Waals surface area contributed by atoms with Crippen molar-refractivity contribution in [2.24, 2.45) is 0 Å². The first kappa shape index (κ1) is 15.9. The number of phenols is 2. The van der Waals surface area contributed by atoms with Gasteiger partial charge in [-0.25, -0.2) is 0 Å². The molecule has 0 fully saturated rings. The molecule has 2 aromatic rings. The summed E-state index contributed by atoms with van der Waals surface area (Å²) in [6.07, 6.45) is 3.61. The number of benzene rings is 2. The lowest BCUT2D eigenvalue weighted by Gasteiger charge is -2.14. The third-order valence-corrected chi connectivity index (χ3v) is 4.08. The number of rotatable bonds is 5. The van der Waals surface area contributed by atoms with Crippen molar-refractivity contribution in [1.29, 1.82) is 0 Å². The van der Waals surface area contributed by atoms with E-state index in [2.05, 4.69) is 13.2 Å². The summed E-state index contributed by atoms with van der Waals surface area (Å²) in [7, 11) is 0. The zero-order chi connectivity index (χ0) is 16.3. The number of hydrogen-bond donors (Lipinski definition) is 2. The molecular weight excluding hydrogens is 272 g/mol. The molecule has 0 aliphatic rings. The quantitative estimate of drug-likeness (QED) is 0.730. The van der Waals surface area contributed by atoms with Crippen LogP contribution in [-0.4, -0.2) is 10.2 Å². The van der Waals surface area contributed by atoms with Crippen molar-refractivity contribution < 1.29 is 10.2 Å². The van der Waals surface area contributed by atoms with Gasteiger partial charge in [0.05, 0.1) is 0 Å². The van der Waals surface area contributed by atoms with Crippen LogP contribution in [0.15, 0.2) is 61.7 Å². The molecule has 0 saturated heterocycles. The predicted octanol–water partition coefficient (Wildman–Crippen LogP) is 5.34. The van der Waals surface area contributed by atoms with Gasteiger partial charge in [-0.1, -0.05) is 38.1 Å². The van der Waals surface area contributed by atoms with Gasteiger partial charge in [0.15, 0.2) is 0 Å². The van der Waals surface area contributed by atoms with Crippen LogP contribution in [0.1, 0.15) is 36.8 Å². The molecule has 2 aromatic carbocycles. The Morgan fingerprint density at radius 1 is 0.773 bits per heavy atom. The van der Waals surface area contributed by atoms with Gasteiger partial charge in [0.1, 0.15) is 11.5 Å². The highest BCUT2D eigenvalue weighted by Crippen LogP contribution is 2.35. The van der Waals surface area contributed by atoms with E-state index in [1.807, 2.05) is 38.1 Å². The fourth-order valence-corrected chi connectivity index (χ4v) is 2.45. The van der Waals surface area contributed by atoms with Gasteiger partial charge in [0.25, 0.3) is 0 Å². The highest BCUT2D eigenvalue weighted by atomic mass is 16.3. The molecule has 0 saturated carbocycles. The maximum Gasteiger partial charge on any atom is 0.119 e. The smallest absolute Gasteiger partial charge is 0.119 e. The minimum Gasteiger partial charge on any atom is -0.508 e. The Morgan fingerprint density at radius 3 is 1.45 bits per heavy atom. The molecule has 2 rings (SSSR count). The van der Waals surface area contributed by atoms with Gasteiger partial charge in [0, 0.05) is 23.0 Å². The molecule has 2 N–H and O–H groups in total. The zero-order valence-electron chi connectivity index (χ0n) is 13.1. The Morgan fingerprint density at radius 2 is 1.14 bits per heavy atom. The minimum atomic E-state index is 0.0728. The lowest BCUT2D eigenvalue weighted by Crippen LogP contribution is -1.93. The monoisotopic (exact) mass is 294 g/mol. The minimum absolute atomic E-state index is 0.0728. The fourth-order valence-electron chi connectivity index (χ4n) is 2.45. The Hall–Kier alpha value is -2.48. The van der Waals surface area contributed by atoms with Crippen molar-refractivity contribution in [3.05, 3.63) is 72.8 Å². The zero-order valence-corrected chi connectivity index (χ0v) is 13.1. The summed E-state index contributed by atoms with van der Waals surface area (Å²) in [5.74, 6) is 0.691. The molecule has 22 heavy (non-hydrogen) atoms. The lowest BCUT2D eigenvalue weighted by atomic mass is 9.92. The van der Waals surface area contributed by atoms with Crippen molar-refractivity contribution in [2.75, 3.05) is 0 Å². The van der Waals surface area contributed by atoms with Gasteiger partial charge < -0.3 is 10.2 Å². The Balaban J connectivity index is 2.52. The normalized spacial score (nSPS) is 13.4. The van der Waals surface area contributed by atoms with Gasteiger partial charge in [-0.3, -0.25) is 0 Å². The molecule has 2 unspecified atom stereocenters. The van der Waals surface area contributed by atoms with Gasteiger partial charge >= 0.3 is 0 Å². The van der Waals surface area contributed by atoms with E-state index in [-0.39, 0.29) is 23.3 Å². The van der Waals surface area contributed by atoms with E-state index in [0.29, 0.717) is 0 Å². The third-order valence-electron chi connectivity index (χ3n) is 4.08. The number of allylic oxidation sites excluding steroid dienone is 2. The first-order chi connectivity index (χ1) is 10.5. The van der Waals surface area contributed by atoms with E-state index in [1.165, 1.54) is 0 Å². The van der Waals surface area contributed by atoms with Gasteiger partial charge in [-0.15, -0.1) is 13.2 Å². The van der Waals surface area contributed by atoms with Crippen LogP contribution in [0.3, 0.4) is 0 Å². The van der Waals surface area contributed by atoms with Crippen LogP contribution in [0.4, 0.5) is 0 Å². The van der Waals surface area contributed by atoms with Crippen molar-refractivity contribution in [3.63, 3.8) is 0 Å². The summed E-state index contributed by atoms with van der Waals surface area (Å²) in [5.41, 5.74) is 3.69. The summed E-state index contributed by atoms with van der Waals surface area (Å²) < 4.78 is 0. The Kier molecular flexibility index (Phi) is 4.71. The maximum atomic E-state index is 10.0. The molecule has 114 valence electrons. The molecule has 0 aromatic heterocycles. The van der Waals surface area contributed by atoms with Crippen LogP contribution in [0.2, 0.25) is 0 Å². The summed E-state index contributed by atoms with van der Waals surface area (Å²) in [4.78, 5) is 0. The predicted molar refractivity (Wildman–Crippen MR) is 92.4 cm³/mol. The summed E-state index contributed by atoms with van der Waals surface area (Å²) >= 11 is 0. The van der Waals surface area contributed by atoms with Crippen molar-refractivity contribution >= 4 is 0 Å². The molecule has 0 bridgehead atoms. The number of hydrogen-bond acceptors (Lipinski definition) is 2. The summed E-state index contributed by atoms with van der Waals surface area (Å²) in [6, 6.07) is 11.1. The molecule has 2 heteroatoms.